The highest BCUT2D eigenvalue weighted by molar-refractivity contribution is 5.91. The molecule has 18 heavy (non-hydrogen) atoms. The van der Waals surface area contributed by atoms with E-state index in [1.54, 1.807) is 0 Å². The normalized spacial score (nSPS) is 10.8. The molecule has 0 bridgehead atoms. The molecule has 3 heteroatoms. The molecule has 0 saturated carbocycles. The third kappa shape index (κ3) is 2.62. The third-order valence-corrected chi connectivity index (χ3v) is 3.19. The van der Waals surface area contributed by atoms with Crippen molar-refractivity contribution in [3.63, 3.8) is 0 Å². The number of hydrogen-bond donors (Lipinski definition) is 1. The summed E-state index contributed by atoms with van der Waals surface area (Å²) in [6.45, 7) is 7.06. The molecule has 1 heterocycles. The van der Waals surface area contributed by atoms with Crippen LogP contribution in [0, 0.1) is 0 Å². The van der Waals surface area contributed by atoms with Gasteiger partial charge in [-0.15, -0.1) is 0 Å². The summed E-state index contributed by atoms with van der Waals surface area (Å²) < 4.78 is 0. The van der Waals surface area contributed by atoms with Crippen molar-refractivity contribution in [1.29, 1.82) is 0 Å². The van der Waals surface area contributed by atoms with E-state index >= 15 is 0 Å². The minimum Gasteiger partial charge on any atom is -0.374 e. The quantitative estimate of drug-likeness (QED) is 0.875. The summed E-state index contributed by atoms with van der Waals surface area (Å²) in [5.41, 5.74) is 3.44. The smallest absolute Gasteiger partial charge is 0.0726 e. The second kappa shape index (κ2) is 5.83. The average Bonchev–Trinajstić information content (AvgIpc) is 2.43. The second-order valence-electron chi connectivity index (χ2n) is 4.44. The van der Waals surface area contributed by atoms with Crippen LogP contribution in [0.1, 0.15) is 19.5 Å². The Kier molecular flexibility index (Phi) is 4.15. The fourth-order valence-corrected chi connectivity index (χ4v) is 2.04. The summed E-state index contributed by atoms with van der Waals surface area (Å²) >= 11 is 0. The first-order valence-corrected chi connectivity index (χ1v) is 6.56. The Bertz CT molecular complexity index is 522. The molecule has 0 atom stereocenters. The summed E-state index contributed by atoms with van der Waals surface area (Å²) in [7, 11) is 2.12. The number of fused-ring (bicyclic) bond motifs is 1. The summed E-state index contributed by atoms with van der Waals surface area (Å²) in [4.78, 5) is 6.96. The van der Waals surface area contributed by atoms with E-state index in [-0.39, 0.29) is 0 Å². The molecule has 0 unspecified atom stereocenters. The van der Waals surface area contributed by atoms with E-state index in [2.05, 4.69) is 55.4 Å². The fourth-order valence-electron chi connectivity index (χ4n) is 2.04. The van der Waals surface area contributed by atoms with Gasteiger partial charge in [0.05, 0.1) is 11.2 Å². The van der Waals surface area contributed by atoms with Crippen molar-refractivity contribution >= 4 is 16.6 Å². The first-order chi connectivity index (χ1) is 8.76. The van der Waals surface area contributed by atoms with Crippen LogP contribution < -0.4 is 10.2 Å². The van der Waals surface area contributed by atoms with Crippen LogP contribution in [0.15, 0.2) is 30.3 Å². The van der Waals surface area contributed by atoms with E-state index in [0.29, 0.717) is 0 Å². The number of nitrogens with one attached hydrogen (secondary N) is 1. The van der Waals surface area contributed by atoms with E-state index in [0.717, 1.165) is 30.8 Å². The first kappa shape index (κ1) is 12.8. The predicted octanol–water partition coefficient (Wildman–Crippen LogP) is 2.80. The van der Waals surface area contributed by atoms with Gasteiger partial charge in [0.15, 0.2) is 0 Å². The van der Waals surface area contributed by atoms with Crippen molar-refractivity contribution in [2.24, 2.45) is 0 Å². The lowest BCUT2D eigenvalue weighted by atomic mass is 10.1. The van der Waals surface area contributed by atoms with Gasteiger partial charge in [-0.05, 0) is 25.6 Å². The zero-order valence-corrected chi connectivity index (χ0v) is 11.4. The number of aromatic nitrogens is 1. The number of rotatable bonds is 5. The van der Waals surface area contributed by atoms with E-state index in [1.807, 2.05) is 6.07 Å². The van der Waals surface area contributed by atoms with Crippen LogP contribution in [0.3, 0.4) is 0 Å². The van der Waals surface area contributed by atoms with Crippen molar-refractivity contribution in [3.05, 3.63) is 36.0 Å². The number of benzene rings is 1. The lowest BCUT2D eigenvalue weighted by Crippen LogP contribution is -2.18. The second-order valence-corrected chi connectivity index (χ2v) is 4.44. The Balaban J connectivity index is 2.50. The van der Waals surface area contributed by atoms with Crippen molar-refractivity contribution in [2.75, 3.05) is 25.0 Å². The maximum absolute atomic E-state index is 4.70. The Labute approximate surface area is 109 Å². The van der Waals surface area contributed by atoms with Gasteiger partial charge >= 0.3 is 0 Å². The summed E-state index contributed by atoms with van der Waals surface area (Å²) in [5.74, 6) is 0. The zero-order valence-electron chi connectivity index (χ0n) is 11.4. The Morgan fingerprint density at radius 2 is 2.00 bits per heavy atom. The zero-order chi connectivity index (χ0) is 13.0. The van der Waals surface area contributed by atoms with Gasteiger partial charge in [0.25, 0.3) is 0 Å². The predicted molar refractivity (Wildman–Crippen MR) is 78.1 cm³/mol. The standard InChI is InChI=1S/C15H21N3/c1-4-16-11-12-10-15(18(3)5-2)13-8-6-7-9-14(13)17-12/h6-10,16H,4-5,11H2,1-3H3. The number of anilines is 1. The number of para-hydroxylation sites is 1. The van der Waals surface area contributed by atoms with Crippen LogP contribution >= 0.6 is 0 Å². The van der Waals surface area contributed by atoms with E-state index in [1.165, 1.54) is 11.1 Å². The van der Waals surface area contributed by atoms with Gasteiger partial charge in [-0.1, -0.05) is 25.1 Å². The minimum atomic E-state index is 0.825. The Morgan fingerprint density at radius 3 is 2.72 bits per heavy atom. The van der Waals surface area contributed by atoms with E-state index < -0.39 is 0 Å². The molecular formula is C15H21N3. The minimum absolute atomic E-state index is 0.825. The molecule has 0 radical (unpaired) electrons. The van der Waals surface area contributed by atoms with Crippen LogP contribution in [-0.4, -0.2) is 25.1 Å². The van der Waals surface area contributed by atoms with Gasteiger partial charge in [0, 0.05) is 31.2 Å². The van der Waals surface area contributed by atoms with Crippen LogP contribution in [0.25, 0.3) is 10.9 Å². The largest absolute Gasteiger partial charge is 0.374 e. The molecule has 2 rings (SSSR count). The lowest BCUT2D eigenvalue weighted by Gasteiger charge is -2.20. The van der Waals surface area contributed by atoms with Gasteiger partial charge in [-0.3, -0.25) is 4.98 Å². The molecule has 2 aromatic rings. The number of hydrogen-bond acceptors (Lipinski definition) is 3. The summed E-state index contributed by atoms with van der Waals surface area (Å²) in [6, 6.07) is 10.5. The topological polar surface area (TPSA) is 28.2 Å². The lowest BCUT2D eigenvalue weighted by molar-refractivity contribution is 0.713. The van der Waals surface area contributed by atoms with Gasteiger partial charge in [0.1, 0.15) is 0 Å². The van der Waals surface area contributed by atoms with Crippen LogP contribution in [0.5, 0.6) is 0 Å². The van der Waals surface area contributed by atoms with Crippen LogP contribution in [0.4, 0.5) is 5.69 Å². The maximum atomic E-state index is 4.70. The van der Waals surface area contributed by atoms with Crippen LogP contribution in [-0.2, 0) is 6.54 Å². The Morgan fingerprint density at radius 1 is 1.22 bits per heavy atom. The molecule has 0 saturated heterocycles. The van der Waals surface area contributed by atoms with Gasteiger partial charge < -0.3 is 10.2 Å². The van der Waals surface area contributed by atoms with Crippen LogP contribution in [0.2, 0.25) is 0 Å². The SMILES string of the molecule is CCNCc1cc(N(C)CC)c2ccccc2n1. The monoisotopic (exact) mass is 243 g/mol. The van der Waals surface area contributed by atoms with Crippen molar-refractivity contribution < 1.29 is 0 Å². The third-order valence-electron chi connectivity index (χ3n) is 3.19. The fraction of sp³-hybridized carbons (Fsp3) is 0.400. The van der Waals surface area contributed by atoms with Crippen molar-refractivity contribution in [2.45, 2.75) is 20.4 Å². The van der Waals surface area contributed by atoms with Crippen molar-refractivity contribution in [1.82, 2.24) is 10.3 Å². The average molecular weight is 243 g/mol. The summed E-state index contributed by atoms with van der Waals surface area (Å²) in [6.07, 6.45) is 0. The molecule has 0 aliphatic heterocycles. The van der Waals surface area contributed by atoms with Gasteiger partial charge in [-0.25, -0.2) is 0 Å². The molecular weight excluding hydrogens is 222 g/mol. The molecule has 0 fully saturated rings. The maximum Gasteiger partial charge on any atom is 0.0726 e. The Hall–Kier alpha value is -1.61. The molecule has 0 aliphatic carbocycles. The van der Waals surface area contributed by atoms with E-state index in [4.69, 9.17) is 4.98 Å². The van der Waals surface area contributed by atoms with Gasteiger partial charge in [0.2, 0.25) is 0 Å². The highest BCUT2D eigenvalue weighted by atomic mass is 15.1. The summed E-state index contributed by atoms with van der Waals surface area (Å²) in [5, 5.41) is 4.56. The molecule has 0 amide bonds. The first-order valence-electron chi connectivity index (χ1n) is 6.56. The molecule has 0 aliphatic rings. The molecule has 96 valence electrons. The highest BCUT2D eigenvalue weighted by Crippen LogP contribution is 2.25. The number of nitrogens with zero attached hydrogens (tertiary/aromatic N) is 2. The molecule has 3 nitrogen and oxygen atoms in total. The molecule has 0 spiro atoms. The molecule has 1 aromatic carbocycles. The number of pyridine rings is 1. The highest BCUT2D eigenvalue weighted by Gasteiger charge is 2.08. The molecule has 1 N–H and O–H groups in total. The van der Waals surface area contributed by atoms with E-state index in [9.17, 15) is 0 Å². The van der Waals surface area contributed by atoms with Gasteiger partial charge in [-0.2, -0.15) is 0 Å². The molecule has 1 aromatic heterocycles. The van der Waals surface area contributed by atoms with Crippen molar-refractivity contribution in [3.8, 4) is 0 Å².